The topological polar surface area (TPSA) is 115 Å². The van der Waals surface area contributed by atoms with Crippen molar-refractivity contribution >= 4 is 5.91 Å². The summed E-state index contributed by atoms with van der Waals surface area (Å²) < 4.78 is 23.1. The summed E-state index contributed by atoms with van der Waals surface area (Å²) in [6, 6.07) is 0. The third kappa shape index (κ3) is 38.9. The van der Waals surface area contributed by atoms with Gasteiger partial charge in [0.05, 0.1) is 33.0 Å². The minimum atomic E-state index is -0.611. The van der Waals surface area contributed by atoms with Crippen LogP contribution in [0.3, 0.4) is 0 Å². The summed E-state index contributed by atoms with van der Waals surface area (Å²) in [6.45, 7) is 17.9. The molecule has 0 aromatic rings. The molecule has 0 rings (SSSR count). The van der Waals surface area contributed by atoms with E-state index in [0.717, 1.165) is 30.6 Å². The fraction of sp³-hybridized carbons (Fsp3) is 0.978. The van der Waals surface area contributed by atoms with Gasteiger partial charge in [0.15, 0.2) is 6.10 Å². The third-order valence-electron chi connectivity index (χ3n) is 10.7. The number of hydrogen-bond acceptors (Lipinski definition) is 6. The first kappa shape index (κ1) is 52.6. The average Bonchev–Trinajstić information content (AvgIpc) is 3.14. The zero-order valence-electron chi connectivity index (χ0n) is 36.6. The molecule has 0 aliphatic heterocycles. The van der Waals surface area contributed by atoms with Gasteiger partial charge in [-0.05, 0) is 42.0 Å². The maximum absolute atomic E-state index is 13.1. The molecule has 0 radical (unpaired) electrons. The highest BCUT2D eigenvalue weighted by molar-refractivity contribution is 5.80. The van der Waals surface area contributed by atoms with Crippen molar-refractivity contribution in [3.05, 3.63) is 10.4 Å². The molecule has 320 valence electrons. The van der Waals surface area contributed by atoms with Crippen LogP contribution in [0.15, 0.2) is 5.11 Å². The van der Waals surface area contributed by atoms with Crippen LogP contribution >= 0.6 is 0 Å². The van der Waals surface area contributed by atoms with E-state index in [-0.39, 0.29) is 12.5 Å². The molecule has 0 aliphatic rings. The van der Waals surface area contributed by atoms with Gasteiger partial charge >= 0.3 is 0 Å². The lowest BCUT2D eigenvalue weighted by atomic mass is 9.91. The quantitative estimate of drug-likeness (QED) is 0.0287. The number of carbonyl (C=O) groups is 1. The van der Waals surface area contributed by atoms with E-state index in [4.69, 9.17) is 24.5 Å². The van der Waals surface area contributed by atoms with E-state index in [0.29, 0.717) is 58.6 Å². The Morgan fingerprint density at radius 1 is 0.556 bits per heavy atom. The molecule has 0 saturated carbocycles. The maximum atomic E-state index is 13.1. The number of carbonyl (C=O) groups excluding carboxylic acids is 1. The minimum Gasteiger partial charge on any atom is -0.379 e. The second-order valence-corrected chi connectivity index (χ2v) is 16.8. The summed E-state index contributed by atoms with van der Waals surface area (Å²) in [7, 11) is 0. The standard InChI is InChI=1S/C45H90N4O5/c1-7-8-9-10-11-12-13-14-15-16-17-18-19-20-33-53-39-44(45(50)47-31-35-51-37-38-52-36-32-48-49-46)54-34-30-43(6)29-23-28-42(5)27-22-26-41(4)25-21-24-40(2)3/h40-44H,7-39H2,1-6H3,(H,47,50). The van der Waals surface area contributed by atoms with Gasteiger partial charge in [0.2, 0.25) is 0 Å². The Balaban J connectivity index is 4.30. The van der Waals surface area contributed by atoms with E-state index in [1.165, 1.54) is 141 Å². The van der Waals surface area contributed by atoms with Crippen LogP contribution in [-0.2, 0) is 23.7 Å². The molecule has 9 heteroatoms. The largest absolute Gasteiger partial charge is 0.379 e. The zero-order chi connectivity index (χ0) is 39.7. The lowest BCUT2D eigenvalue weighted by molar-refractivity contribution is -0.137. The highest BCUT2D eigenvalue weighted by Crippen LogP contribution is 2.23. The summed E-state index contributed by atoms with van der Waals surface area (Å²) in [5.41, 5.74) is 8.31. The lowest BCUT2D eigenvalue weighted by Crippen LogP contribution is -2.41. The highest BCUT2D eigenvalue weighted by Gasteiger charge is 2.20. The molecule has 0 aromatic heterocycles. The van der Waals surface area contributed by atoms with E-state index in [2.05, 4.69) is 56.9 Å². The number of unbranched alkanes of at least 4 members (excludes halogenated alkanes) is 13. The molecule has 4 unspecified atom stereocenters. The molecule has 1 amide bonds. The summed E-state index contributed by atoms with van der Waals surface area (Å²) in [5, 5.41) is 6.40. The molecule has 0 heterocycles. The predicted octanol–water partition coefficient (Wildman–Crippen LogP) is 12.8. The Labute approximate surface area is 334 Å². The first-order valence-corrected chi connectivity index (χ1v) is 22.9. The fourth-order valence-electron chi connectivity index (χ4n) is 6.97. The predicted molar refractivity (Wildman–Crippen MR) is 228 cm³/mol. The molecule has 0 bridgehead atoms. The Morgan fingerprint density at radius 3 is 1.56 bits per heavy atom. The third-order valence-corrected chi connectivity index (χ3v) is 10.7. The van der Waals surface area contributed by atoms with Crippen molar-refractivity contribution in [2.24, 2.45) is 28.8 Å². The molecule has 1 N–H and O–H groups in total. The second kappa shape index (κ2) is 41.3. The highest BCUT2D eigenvalue weighted by atomic mass is 16.5. The SMILES string of the molecule is CCCCCCCCCCCCCCCCOCC(OCCC(C)CCCC(C)CCCC(C)CCCC(C)C)C(=O)NCCOCCOCCN=[N+]=[N-]. The van der Waals surface area contributed by atoms with Gasteiger partial charge in [0.25, 0.3) is 5.91 Å². The van der Waals surface area contributed by atoms with Crippen molar-refractivity contribution in [2.75, 3.05) is 59.3 Å². The number of amides is 1. The Kier molecular flexibility index (Phi) is 40.2. The monoisotopic (exact) mass is 767 g/mol. The van der Waals surface area contributed by atoms with E-state index in [1.54, 1.807) is 0 Å². The Hall–Kier alpha value is -1.38. The molecule has 0 saturated heterocycles. The lowest BCUT2D eigenvalue weighted by Gasteiger charge is -2.20. The van der Waals surface area contributed by atoms with E-state index in [1.807, 2.05) is 0 Å². The van der Waals surface area contributed by atoms with Crippen LogP contribution in [0.25, 0.3) is 10.4 Å². The van der Waals surface area contributed by atoms with E-state index in [9.17, 15) is 4.79 Å². The van der Waals surface area contributed by atoms with Gasteiger partial charge in [-0.1, -0.05) is 188 Å². The molecule has 0 aliphatic carbocycles. The van der Waals surface area contributed by atoms with Crippen molar-refractivity contribution in [2.45, 2.75) is 202 Å². The summed E-state index contributed by atoms with van der Waals surface area (Å²) in [5.74, 6) is 2.91. The van der Waals surface area contributed by atoms with Crippen LogP contribution in [-0.4, -0.2) is 71.3 Å². The van der Waals surface area contributed by atoms with Crippen LogP contribution in [0.4, 0.5) is 0 Å². The average molecular weight is 767 g/mol. The van der Waals surface area contributed by atoms with Crippen molar-refractivity contribution in [3.63, 3.8) is 0 Å². The van der Waals surface area contributed by atoms with Crippen molar-refractivity contribution in [1.29, 1.82) is 0 Å². The molecule has 54 heavy (non-hydrogen) atoms. The Bertz CT molecular complexity index is 841. The smallest absolute Gasteiger partial charge is 0.251 e. The molecule has 4 atom stereocenters. The maximum Gasteiger partial charge on any atom is 0.251 e. The number of nitrogens with one attached hydrogen (secondary N) is 1. The number of hydrogen-bond donors (Lipinski definition) is 1. The normalized spacial score (nSPS) is 13.8. The van der Waals surface area contributed by atoms with Gasteiger partial charge in [0.1, 0.15) is 0 Å². The van der Waals surface area contributed by atoms with E-state index >= 15 is 0 Å². The first-order valence-electron chi connectivity index (χ1n) is 22.9. The van der Waals surface area contributed by atoms with Crippen LogP contribution in [0, 0.1) is 23.7 Å². The van der Waals surface area contributed by atoms with Crippen LogP contribution in [0.2, 0.25) is 0 Å². The van der Waals surface area contributed by atoms with Crippen LogP contribution < -0.4 is 5.32 Å². The van der Waals surface area contributed by atoms with Gasteiger partial charge in [-0.25, -0.2) is 0 Å². The van der Waals surface area contributed by atoms with Gasteiger partial charge in [-0.2, -0.15) is 0 Å². The molecular weight excluding hydrogens is 677 g/mol. The second-order valence-electron chi connectivity index (χ2n) is 16.8. The van der Waals surface area contributed by atoms with Gasteiger partial charge in [-0.15, -0.1) is 0 Å². The van der Waals surface area contributed by atoms with Crippen molar-refractivity contribution < 1.29 is 23.7 Å². The summed E-state index contributed by atoms with van der Waals surface area (Å²) >= 11 is 0. The Morgan fingerprint density at radius 2 is 1.04 bits per heavy atom. The number of nitrogens with zero attached hydrogens (tertiary/aromatic N) is 3. The van der Waals surface area contributed by atoms with Crippen molar-refractivity contribution in [1.82, 2.24) is 5.32 Å². The van der Waals surface area contributed by atoms with Gasteiger partial charge < -0.3 is 24.3 Å². The fourth-order valence-corrected chi connectivity index (χ4v) is 6.97. The first-order chi connectivity index (χ1) is 26.3. The van der Waals surface area contributed by atoms with Gasteiger partial charge in [-0.3, -0.25) is 4.79 Å². The van der Waals surface area contributed by atoms with Crippen molar-refractivity contribution in [3.8, 4) is 0 Å². The zero-order valence-corrected chi connectivity index (χ0v) is 36.6. The molecule has 0 spiro atoms. The number of azide groups is 1. The molecule has 0 fully saturated rings. The molecular formula is C45H90N4O5. The molecule has 9 nitrogen and oxygen atoms in total. The minimum absolute atomic E-state index is 0.138. The summed E-state index contributed by atoms with van der Waals surface area (Å²) in [6.07, 6.45) is 31.0. The summed E-state index contributed by atoms with van der Waals surface area (Å²) in [4.78, 5) is 15.8. The van der Waals surface area contributed by atoms with Gasteiger partial charge in [0, 0.05) is 31.2 Å². The van der Waals surface area contributed by atoms with E-state index < -0.39 is 6.10 Å². The van der Waals surface area contributed by atoms with Crippen LogP contribution in [0.5, 0.6) is 0 Å². The van der Waals surface area contributed by atoms with Crippen LogP contribution in [0.1, 0.15) is 196 Å². The number of ether oxygens (including phenoxy) is 4. The molecule has 0 aromatic carbocycles. The number of rotatable bonds is 43.